The maximum atomic E-state index is 12.7. The van der Waals surface area contributed by atoms with E-state index in [0.717, 1.165) is 30.0 Å². The van der Waals surface area contributed by atoms with Crippen molar-refractivity contribution in [2.45, 2.75) is 6.42 Å². The quantitative estimate of drug-likeness (QED) is 0.588. The maximum absolute atomic E-state index is 12.7. The fraction of sp³-hybridized carbons (Fsp3) is 0.167. The summed E-state index contributed by atoms with van der Waals surface area (Å²) in [6.07, 6.45) is 2.76. The van der Waals surface area contributed by atoms with Gasteiger partial charge in [0.15, 0.2) is 0 Å². The average Bonchev–Trinajstić information content (AvgIpc) is 3.11. The van der Waals surface area contributed by atoms with E-state index in [2.05, 4.69) is 16.2 Å². The number of amides is 1. The molecule has 0 aromatic heterocycles. The van der Waals surface area contributed by atoms with Gasteiger partial charge in [0.1, 0.15) is 0 Å². The third kappa shape index (κ3) is 4.26. The summed E-state index contributed by atoms with van der Waals surface area (Å²) in [7, 11) is 0. The van der Waals surface area contributed by atoms with Gasteiger partial charge in [-0.25, -0.2) is 0 Å². The molecule has 2 aromatic rings. The smallest absolute Gasteiger partial charge is 0.257 e. The Labute approximate surface area is 166 Å². The molecule has 1 saturated heterocycles. The number of rotatable bonds is 4. The van der Waals surface area contributed by atoms with E-state index in [1.165, 1.54) is 0 Å². The summed E-state index contributed by atoms with van der Waals surface area (Å²) in [5.74, 6) is 0.712. The Balaban J connectivity index is 1.91. The maximum Gasteiger partial charge on any atom is 0.257 e. The van der Waals surface area contributed by atoms with Crippen LogP contribution < -0.4 is 9.62 Å². The predicted octanol–water partition coefficient (Wildman–Crippen LogP) is 6.40. The Hall–Kier alpha value is -1.33. The molecule has 3 rings (SSSR count). The van der Waals surface area contributed by atoms with Gasteiger partial charge in [0.05, 0.1) is 15.6 Å². The van der Waals surface area contributed by atoms with Crippen molar-refractivity contribution >= 4 is 70.1 Å². The molecule has 1 amide bonds. The van der Waals surface area contributed by atoms with Crippen molar-refractivity contribution in [1.29, 1.82) is 0 Å². The van der Waals surface area contributed by atoms with Crippen LogP contribution in [0.2, 0.25) is 15.1 Å². The molecular weight excluding hydrogens is 399 g/mol. The van der Waals surface area contributed by atoms with Crippen molar-refractivity contribution in [1.82, 2.24) is 0 Å². The molecule has 2 aromatic carbocycles. The van der Waals surface area contributed by atoms with Crippen molar-refractivity contribution < 1.29 is 4.79 Å². The molecule has 7 heteroatoms. The summed E-state index contributed by atoms with van der Waals surface area (Å²) in [4.78, 5) is 12.7. The highest BCUT2D eigenvalue weighted by atomic mass is 35.5. The van der Waals surface area contributed by atoms with Crippen LogP contribution in [0.5, 0.6) is 0 Å². The van der Waals surface area contributed by atoms with Gasteiger partial charge in [0.2, 0.25) is 0 Å². The van der Waals surface area contributed by atoms with Gasteiger partial charge in [0.25, 0.3) is 5.91 Å². The zero-order valence-corrected chi connectivity index (χ0v) is 16.3. The van der Waals surface area contributed by atoms with Crippen molar-refractivity contribution in [3.05, 3.63) is 63.1 Å². The van der Waals surface area contributed by atoms with Crippen molar-refractivity contribution in [3.63, 3.8) is 0 Å². The minimum atomic E-state index is -0.338. The van der Waals surface area contributed by atoms with Crippen LogP contribution in [-0.4, -0.2) is 18.2 Å². The normalized spacial score (nSPS) is 13.8. The Bertz CT molecular complexity index is 835. The fourth-order valence-electron chi connectivity index (χ4n) is 2.54. The van der Waals surface area contributed by atoms with Gasteiger partial charge in [-0.2, -0.15) is 0 Å². The lowest BCUT2D eigenvalue weighted by atomic mass is 10.1. The fourth-order valence-corrected chi connectivity index (χ4v) is 4.18. The number of anilines is 2. The molecule has 0 atom stereocenters. The van der Waals surface area contributed by atoms with E-state index in [9.17, 15) is 4.79 Å². The second-order valence-electron chi connectivity index (χ2n) is 5.51. The number of hydrogen-bond acceptors (Lipinski definition) is 3. The molecule has 0 aliphatic carbocycles. The van der Waals surface area contributed by atoms with Crippen molar-refractivity contribution in [2.24, 2.45) is 0 Å². The Morgan fingerprint density at radius 3 is 2.68 bits per heavy atom. The van der Waals surface area contributed by atoms with Crippen LogP contribution in [0.1, 0.15) is 22.3 Å². The lowest BCUT2D eigenvalue weighted by Crippen LogP contribution is -2.15. The van der Waals surface area contributed by atoms with Gasteiger partial charge in [-0.3, -0.25) is 4.79 Å². The third-order valence-corrected chi connectivity index (χ3v) is 5.91. The molecule has 1 fully saturated rings. The molecule has 0 radical (unpaired) electrons. The summed E-state index contributed by atoms with van der Waals surface area (Å²) in [5, 5.41) is 3.92. The Morgan fingerprint density at radius 2 is 2.00 bits per heavy atom. The monoisotopic (exact) mass is 412 g/mol. The predicted molar refractivity (Wildman–Crippen MR) is 110 cm³/mol. The number of halogens is 3. The highest BCUT2D eigenvalue weighted by Crippen LogP contribution is 2.36. The topological polar surface area (TPSA) is 32.3 Å². The van der Waals surface area contributed by atoms with Gasteiger partial charge < -0.3 is 9.62 Å². The van der Waals surface area contributed by atoms with E-state index in [1.807, 2.05) is 0 Å². The van der Waals surface area contributed by atoms with Crippen LogP contribution in [0.15, 0.2) is 36.9 Å². The molecule has 0 bridgehead atoms. The van der Waals surface area contributed by atoms with Crippen molar-refractivity contribution in [2.75, 3.05) is 21.9 Å². The van der Waals surface area contributed by atoms with Gasteiger partial charge in [-0.05, 0) is 54.3 Å². The molecule has 1 heterocycles. The number of hydrogen-bond donors (Lipinski definition) is 1. The first-order valence-electron chi connectivity index (χ1n) is 7.62. The van der Waals surface area contributed by atoms with Crippen LogP contribution in [0.4, 0.5) is 11.4 Å². The highest BCUT2D eigenvalue weighted by Gasteiger charge is 2.20. The molecule has 1 N–H and O–H groups in total. The van der Waals surface area contributed by atoms with Crippen LogP contribution in [0.3, 0.4) is 0 Å². The first-order valence-corrected chi connectivity index (χ1v) is 9.69. The molecule has 1 aliphatic rings. The molecule has 25 heavy (non-hydrogen) atoms. The SMILES string of the molecule is C=Cc1cc(Cl)cc(NC(=O)c2cc(N3CCCS3)cc(Cl)c2Cl)c1. The number of nitrogens with zero attached hydrogens (tertiary/aromatic N) is 1. The van der Waals surface area contributed by atoms with Crippen LogP contribution in [0, 0.1) is 0 Å². The van der Waals surface area contributed by atoms with E-state index in [-0.39, 0.29) is 10.9 Å². The molecule has 1 aliphatic heterocycles. The van der Waals surface area contributed by atoms with Crippen LogP contribution in [0.25, 0.3) is 6.08 Å². The van der Waals surface area contributed by atoms with E-state index >= 15 is 0 Å². The molecule has 3 nitrogen and oxygen atoms in total. The molecule has 0 saturated carbocycles. The summed E-state index contributed by atoms with van der Waals surface area (Å²) in [6, 6.07) is 8.77. The molecule has 130 valence electrons. The van der Waals surface area contributed by atoms with Gasteiger partial charge in [-0.15, -0.1) is 0 Å². The second kappa shape index (κ2) is 7.92. The summed E-state index contributed by atoms with van der Waals surface area (Å²) < 4.78 is 2.12. The molecule has 0 unspecified atom stereocenters. The third-order valence-electron chi connectivity index (χ3n) is 3.71. The number of benzene rings is 2. The number of carbonyl (C=O) groups excluding carboxylic acids is 1. The Morgan fingerprint density at radius 1 is 1.20 bits per heavy atom. The van der Waals surface area contributed by atoms with E-state index in [0.29, 0.717) is 21.3 Å². The standard InChI is InChI=1S/C18H15Cl3N2OS/c1-2-11-6-12(19)8-13(7-11)22-18(24)15-9-14(10-16(20)17(15)21)23-4-3-5-25-23/h2,6-10H,1,3-5H2,(H,22,24). The lowest BCUT2D eigenvalue weighted by molar-refractivity contribution is 0.102. The zero-order chi connectivity index (χ0) is 18.0. The summed E-state index contributed by atoms with van der Waals surface area (Å²) in [5.41, 5.74) is 2.59. The highest BCUT2D eigenvalue weighted by molar-refractivity contribution is 8.00. The lowest BCUT2D eigenvalue weighted by Gasteiger charge is -2.18. The first kappa shape index (κ1) is 18.5. The Kier molecular flexibility index (Phi) is 5.85. The number of carbonyl (C=O) groups is 1. The zero-order valence-electron chi connectivity index (χ0n) is 13.2. The summed E-state index contributed by atoms with van der Waals surface area (Å²) in [6.45, 7) is 4.63. The van der Waals surface area contributed by atoms with Gasteiger partial charge >= 0.3 is 0 Å². The molecular formula is C18H15Cl3N2OS. The second-order valence-corrected chi connectivity index (χ2v) is 7.84. The minimum Gasteiger partial charge on any atom is -0.322 e. The largest absolute Gasteiger partial charge is 0.322 e. The number of nitrogens with one attached hydrogen (secondary N) is 1. The van der Waals surface area contributed by atoms with Gasteiger partial charge in [-0.1, -0.05) is 47.5 Å². The minimum absolute atomic E-state index is 0.234. The van der Waals surface area contributed by atoms with Crippen LogP contribution in [-0.2, 0) is 0 Å². The van der Waals surface area contributed by atoms with E-state index in [4.69, 9.17) is 34.8 Å². The molecule has 0 spiro atoms. The van der Waals surface area contributed by atoms with E-state index in [1.54, 1.807) is 48.4 Å². The average molecular weight is 414 g/mol. The van der Waals surface area contributed by atoms with E-state index < -0.39 is 0 Å². The van der Waals surface area contributed by atoms with Gasteiger partial charge in [0, 0.05) is 28.7 Å². The van der Waals surface area contributed by atoms with Crippen LogP contribution >= 0.6 is 46.8 Å². The summed E-state index contributed by atoms with van der Waals surface area (Å²) >= 11 is 20.3. The van der Waals surface area contributed by atoms with Crippen molar-refractivity contribution in [3.8, 4) is 0 Å². The first-order chi connectivity index (χ1) is 12.0.